The lowest BCUT2D eigenvalue weighted by molar-refractivity contribution is 0.179. The van der Waals surface area contributed by atoms with Gasteiger partial charge >= 0.3 is 0 Å². The predicted molar refractivity (Wildman–Crippen MR) is 109 cm³/mol. The fourth-order valence-electron chi connectivity index (χ4n) is 2.27. The first-order chi connectivity index (χ1) is 11.0. The number of hydrogen-bond acceptors (Lipinski definition) is 3. The second kappa shape index (κ2) is 12.4. The lowest BCUT2D eigenvalue weighted by Gasteiger charge is -2.24. The van der Waals surface area contributed by atoms with Crippen molar-refractivity contribution in [3.63, 3.8) is 0 Å². The number of aliphatic imine (C=N–C) groups is 1. The molecule has 0 amide bonds. The van der Waals surface area contributed by atoms with Gasteiger partial charge in [0.25, 0.3) is 0 Å². The third-order valence-corrected chi connectivity index (χ3v) is 3.44. The van der Waals surface area contributed by atoms with Crippen LogP contribution >= 0.6 is 24.0 Å². The molecule has 0 radical (unpaired) electrons. The molecule has 0 heterocycles. The molecule has 2 N–H and O–H groups in total. The molecular weight excluding hydrogens is 422 g/mol. The van der Waals surface area contributed by atoms with E-state index in [-0.39, 0.29) is 41.9 Å². The lowest BCUT2D eigenvalue weighted by atomic mass is 10.1. The molecule has 1 aromatic carbocycles. The van der Waals surface area contributed by atoms with E-state index >= 15 is 0 Å². The van der Waals surface area contributed by atoms with Crippen molar-refractivity contribution in [2.75, 3.05) is 40.9 Å². The van der Waals surface area contributed by atoms with Gasteiger partial charge in [-0.2, -0.15) is 0 Å². The van der Waals surface area contributed by atoms with E-state index in [1.54, 1.807) is 7.11 Å². The number of nitrogens with zero attached hydrogens (tertiary/aromatic N) is 2. The maximum absolute atomic E-state index is 13.1. The number of ether oxygens (including phenoxy) is 1. The first-order valence-electron chi connectivity index (χ1n) is 7.93. The largest absolute Gasteiger partial charge is 0.383 e. The van der Waals surface area contributed by atoms with E-state index in [9.17, 15) is 4.39 Å². The minimum atomic E-state index is -0.224. The molecule has 0 aliphatic heterocycles. The molecule has 0 aliphatic rings. The minimum Gasteiger partial charge on any atom is -0.383 e. The van der Waals surface area contributed by atoms with E-state index in [0.717, 1.165) is 18.1 Å². The third-order valence-electron chi connectivity index (χ3n) is 3.44. The van der Waals surface area contributed by atoms with Crippen LogP contribution in [-0.2, 0) is 4.74 Å². The molecule has 5 nitrogen and oxygen atoms in total. The summed E-state index contributed by atoms with van der Waals surface area (Å²) in [4.78, 5) is 6.74. The van der Waals surface area contributed by atoms with Crippen LogP contribution in [-0.4, -0.2) is 57.8 Å². The van der Waals surface area contributed by atoms with Gasteiger partial charge in [-0.15, -0.1) is 24.0 Å². The summed E-state index contributed by atoms with van der Waals surface area (Å²) in [6, 6.07) is 6.84. The smallest absolute Gasteiger partial charge is 0.191 e. The van der Waals surface area contributed by atoms with Gasteiger partial charge in [0.2, 0.25) is 0 Å². The average Bonchev–Trinajstić information content (AvgIpc) is 2.49. The van der Waals surface area contributed by atoms with Gasteiger partial charge in [0, 0.05) is 19.7 Å². The SMILES string of the molecule is CCNC(=NCC(c1ccc(F)cc1)N(C)C)NC(C)COC.I. The van der Waals surface area contributed by atoms with Gasteiger partial charge in [-0.1, -0.05) is 12.1 Å². The van der Waals surface area contributed by atoms with Crippen molar-refractivity contribution in [2.24, 2.45) is 4.99 Å². The van der Waals surface area contributed by atoms with E-state index in [2.05, 4.69) is 20.5 Å². The fraction of sp³-hybridized carbons (Fsp3) is 0.588. The molecule has 1 aromatic rings. The van der Waals surface area contributed by atoms with Crippen molar-refractivity contribution in [3.8, 4) is 0 Å². The zero-order valence-electron chi connectivity index (χ0n) is 15.2. The molecule has 0 fully saturated rings. The van der Waals surface area contributed by atoms with Crippen molar-refractivity contribution < 1.29 is 9.13 Å². The molecule has 0 bridgehead atoms. The molecule has 1 rings (SSSR count). The molecule has 2 unspecified atom stereocenters. The Hall–Kier alpha value is -0.930. The fourth-order valence-corrected chi connectivity index (χ4v) is 2.27. The van der Waals surface area contributed by atoms with Crippen LogP contribution in [0.5, 0.6) is 0 Å². The maximum Gasteiger partial charge on any atom is 0.191 e. The zero-order chi connectivity index (χ0) is 17.2. The molecule has 0 spiro atoms. The predicted octanol–water partition coefficient (Wildman–Crippen LogP) is 2.64. The van der Waals surface area contributed by atoms with Crippen LogP contribution < -0.4 is 10.6 Å². The number of benzene rings is 1. The maximum atomic E-state index is 13.1. The van der Waals surface area contributed by atoms with Crippen LogP contribution in [0.15, 0.2) is 29.3 Å². The van der Waals surface area contributed by atoms with Crippen LogP contribution in [0.4, 0.5) is 4.39 Å². The number of nitrogens with one attached hydrogen (secondary N) is 2. The second-order valence-corrected chi connectivity index (χ2v) is 5.75. The molecule has 24 heavy (non-hydrogen) atoms. The Morgan fingerprint density at radius 2 is 1.92 bits per heavy atom. The van der Waals surface area contributed by atoms with Crippen LogP contribution in [0.3, 0.4) is 0 Å². The van der Waals surface area contributed by atoms with Gasteiger partial charge < -0.3 is 20.3 Å². The van der Waals surface area contributed by atoms with E-state index in [0.29, 0.717) is 13.2 Å². The van der Waals surface area contributed by atoms with Crippen molar-refractivity contribution >= 4 is 29.9 Å². The van der Waals surface area contributed by atoms with E-state index in [1.807, 2.05) is 40.1 Å². The summed E-state index contributed by atoms with van der Waals surface area (Å²) < 4.78 is 18.2. The quantitative estimate of drug-likeness (QED) is 0.362. The first-order valence-corrected chi connectivity index (χ1v) is 7.93. The molecule has 7 heteroatoms. The molecule has 0 saturated heterocycles. The number of hydrogen-bond donors (Lipinski definition) is 2. The van der Waals surface area contributed by atoms with Crippen molar-refractivity contribution in [1.29, 1.82) is 0 Å². The highest BCUT2D eigenvalue weighted by Gasteiger charge is 2.14. The van der Waals surface area contributed by atoms with Crippen LogP contribution in [0.1, 0.15) is 25.5 Å². The molecule has 0 aliphatic carbocycles. The molecule has 0 saturated carbocycles. The minimum absolute atomic E-state index is 0. The van der Waals surface area contributed by atoms with Gasteiger partial charge in [0.15, 0.2) is 5.96 Å². The summed E-state index contributed by atoms with van der Waals surface area (Å²) in [5, 5.41) is 6.54. The summed E-state index contributed by atoms with van der Waals surface area (Å²) in [5.74, 6) is 0.532. The highest BCUT2D eigenvalue weighted by atomic mass is 127. The summed E-state index contributed by atoms with van der Waals surface area (Å²) >= 11 is 0. The van der Waals surface area contributed by atoms with Gasteiger partial charge in [0.1, 0.15) is 5.82 Å². The Morgan fingerprint density at radius 1 is 1.29 bits per heavy atom. The Bertz CT molecular complexity index is 482. The summed E-state index contributed by atoms with van der Waals surface area (Å²) in [6.45, 7) is 6.04. The Labute approximate surface area is 162 Å². The second-order valence-electron chi connectivity index (χ2n) is 5.75. The zero-order valence-corrected chi connectivity index (χ0v) is 17.5. The van der Waals surface area contributed by atoms with E-state index in [4.69, 9.17) is 4.74 Å². The average molecular weight is 452 g/mol. The van der Waals surface area contributed by atoms with E-state index < -0.39 is 0 Å². The Kier molecular flexibility index (Phi) is 12.0. The van der Waals surface area contributed by atoms with Crippen LogP contribution in [0.25, 0.3) is 0 Å². The van der Waals surface area contributed by atoms with Gasteiger partial charge in [-0.3, -0.25) is 4.99 Å². The molecular formula is C17H30FIN4O. The normalized spacial score (nSPS) is 14.0. The van der Waals surface area contributed by atoms with Gasteiger partial charge in [-0.25, -0.2) is 4.39 Å². The van der Waals surface area contributed by atoms with E-state index in [1.165, 1.54) is 12.1 Å². The number of halogens is 2. The van der Waals surface area contributed by atoms with Crippen molar-refractivity contribution in [3.05, 3.63) is 35.6 Å². The number of rotatable bonds is 8. The summed E-state index contributed by atoms with van der Waals surface area (Å²) in [6.07, 6.45) is 0. The third kappa shape index (κ3) is 8.25. The van der Waals surface area contributed by atoms with Crippen LogP contribution in [0.2, 0.25) is 0 Å². The van der Waals surface area contributed by atoms with Gasteiger partial charge in [0.05, 0.1) is 19.2 Å². The standard InChI is InChI=1S/C17H29FN4O.HI/c1-6-19-17(21-13(2)12-23-5)20-11-16(22(3)4)14-7-9-15(18)10-8-14;/h7-10,13,16H,6,11-12H2,1-5H3,(H2,19,20,21);1H. The topological polar surface area (TPSA) is 48.9 Å². The molecule has 138 valence electrons. The number of methoxy groups -OCH3 is 1. The molecule has 2 atom stereocenters. The Balaban J connectivity index is 0.00000529. The first kappa shape index (κ1) is 23.1. The lowest BCUT2D eigenvalue weighted by Crippen LogP contribution is -2.44. The van der Waals surface area contributed by atoms with Gasteiger partial charge in [-0.05, 0) is 45.6 Å². The highest BCUT2D eigenvalue weighted by Crippen LogP contribution is 2.18. The number of likely N-dealkylation sites (N-methyl/N-ethyl adjacent to an activating group) is 1. The summed E-state index contributed by atoms with van der Waals surface area (Å²) in [5.41, 5.74) is 1.04. The summed E-state index contributed by atoms with van der Waals surface area (Å²) in [7, 11) is 5.67. The Morgan fingerprint density at radius 3 is 2.42 bits per heavy atom. The van der Waals surface area contributed by atoms with Crippen molar-refractivity contribution in [1.82, 2.24) is 15.5 Å². The van der Waals surface area contributed by atoms with Crippen LogP contribution in [0, 0.1) is 5.82 Å². The monoisotopic (exact) mass is 452 g/mol. The number of guanidine groups is 1. The van der Waals surface area contributed by atoms with Crippen molar-refractivity contribution in [2.45, 2.75) is 25.9 Å². The molecule has 0 aromatic heterocycles. The highest BCUT2D eigenvalue weighted by molar-refractivity contribution is 14.0.